The minimum Gasteiger partial charge on any atom is -0.469 e. The number of halogens is 1. The Morgan fingerprint density at radius 3 is 2.73 bits per heavy atom. The van der Waals surface area contributed by atoms with Crippen molar-refractivity contribution in [2.75, 3.05) is 7.11 Å². The van der Waals surface area contributed by atoms with Crippen molar-refractivity contribution in [1.29, 1.82) is 0 Å². The molecule has 2 unspecified atom stereocenters. The molecule has 1 heterocycles. The third-order valence-corrected chi connectivity index (χ3v) is 9.11. The number of hydrogen-bond donors (Lipinski definition) is 1. The Labute approximate surface area is 189 Å². The SMILES string of the molecule is COC(=O)C(C)(C)C(I)(c1ccc2c(c1)C(O)CC2)c1ccc2c(nnn2C)c1C. The summed E-state index contributed by atoms with van der Waals surface area (Å²) in [6.07, 6.45) is 1.14. The lowest BCUT2D eigenvalue weighted by Crippen LogP contribution is -2.44. The second kappa shape index (κ2) is 7.30. The molecule has 1 aromatic heterocycles. The predicted molar refractivity (Wildman–Crippen MR) is 124 cm³/mol. The molecule has 2 aromatic carbocycles. The summed E-state index contributed by atoms with van der Waals surface area (Å²) >= 11 is 2.39. The summed E-state index contributed by atoms with van der Waals surface area (Å²) < 4.78 is 6.23. The maximum atomic E-state index is 13.0. The van der Waals surface area contributed by atoms with Gasteiger partial charge in [0.25, 0.3) is 0 Å². The number of aliphatic hydroxyl groups excluding tert-OH is 1. The van der Waals surface area contributed by atoms with Crippen LogP contribution < -0.4 is 0 Å². The highest BCUT2D eigenvalue weighted by molar-refractivity contribution is 14.1. The van der Waals surface area contributed by atoms with E-state index in [-0.39, 0.29) is 5.97 Å². The number of fused-ring (bicyclic) bond motifs is 2. The van der Waals surface area contributed by atoms with Gasteiger partial charge in [-0.2, -0.15) is 0 Å². The second-order valence-corrected chi connectivity index (χ2v) is 10.2. The number of esters is 1. The van der Waals surface area contributed by atoms with Gasteiger partial charge in [0.2, 0.25) is 0 Å². The van der Waals surface area contributed by atoms with Gasteiger partial charge in [-0.1, -0.05) is 52.1 Å². The van der Waals surface area contributed by atoms with E-state index in [0.29, 0.717) is 0 Å². The zero-order valence-corrected chi connectivity index (χ0v) is 20.0. The number of methoxy groups -OCH3 is 1. The van der Waals surface area contributed by atoms with Crippen LogP contribution in [0.3, 0.4) is 0 Å². The number of aliphatic hydroxyl groups is 1. The van der Waals surface area contributed by atoms with Crippen LogP contribution in [0.1, 0.15) is 54.2 Å². The molecule has 1 aliphatic rings. The topological polar surface area (TPSA) is 77.2 Å². The molecular weight excluding hydrogens is 493 g/mol. The Kier molecular flexibility index (Phi) is 5.17. The Morgan fingerprint density at radius 2 is 2.03 bits per heavy atom. The van der Waals surface area contributed by atoms with Gasteiger partial charge in [-0.05, 0) is 67.5 Å². The number of carbonyl (C=O) groups excluding carboxylic acids is 1. The van der Waals surface area contributed by atoms with E-state index in [1.165, 1.54) is 12.7 Å². The van der Waals surface area contributed by atoms with E-state index in [1.54, 1.807) is 4.68 Å². The lowest BCUT2D eigenvalue weighted by molar-refractivity contribution is -0.151. The fourth-order valence-corrected chi connectivity index (χ4v) is 5.79. The van der Waals surface area contributed by atoms with Crippen molar-refractivity contribution in [2.24, 2.45) is 12.5 Å². The molecule has 0 radical (unpaired) electrons. The third-order valence-electron chi connectivity index (χ3n) is 6.56. The number of alkyl halides is 1. The van der Waals surface area contributed by atoms with Gasteiger partial charge in [0, 0.05) is 7.05 Å². The molecule has 0 saturated carbocycles. The van der Waals surface area contributed by atoms with Gasteiger partial charge in [0.15, 0.2) is 0 Å². The van der Waals surface area contributed by atoms with Crippen LogP contribution in [0.15, 0.2) is 30.3 Å². The Morgan fingerprint density at radius 1 is 1.30 bits per heavy atom. The normalized spacial score (nSPS) is 18.3. The van der Waals surface area contributed by atoms with Gasteiger partial charge >= 0.3 is 5.97 Å². The van der Waals surface area contributed by atoms with Crippen molar-refractivity contribution in [3.8, 4) is 0 Å². The van der Waals surface area contributed by atoms with Crippen LogP contribution in [-0.2, 0) is 26.4 Å². The quantitative estimate of drug-likeness (QED) is 0.319. The average molecular weight is 519 g/mol. The number of hydrogen-bond acceptors (Lipinski definition) is 5. The van der Waals surface area contributed by atoms with Crippen molar-refractivity contribution in [1.82, 2.24) is 15.0 Å². The van der Waals surface area contributed by atoms with Crippen LogP contribution in [0.5, 0.6) is 0 Å². The molecule has 0 bridgehead atoms. The molecule has 158 valence electrons. The van der Waals surface area contributed by atoms with Crippen LogP contribution in [0.25, 0.3) is 11.0 Å². The summed E-state index contributed by atoms with van der Waals surface area (Å²) in [5.41, 5.74) is 5.92. The fraction of sp³-hybridized carbons (Fsp3) is 0.435. The minimum absolute atomic E-state index is 0.295. The number of ether oxygens (including phenoxy) is 1. The summed E-state index contributed by atoms with van der Waals surface area (Å²) in [5.74, 6) is -0.295. The van der Waals surface area contributed by atoms with Gasteiger partial charge < -0.3 is 9.84 Å². The van der Waals surface area contributed by atoms with E-state index in [1.807, 2.05) is 33.9 Å². The maximum absolute atomic E-state index is 13.0. The number of aryl methyl sites for hydroxylation is 3. The Hall–Kier alpha value is -2.00. The first-order valence-electron chi connectivity index (χ1n) is 10.0. The van der Waals surface area contributed by atoms with Crippen molar-refractivity contribution >= 4 is 39.6 Å². The summed E-state index contributed by atoms with van der Waals surface area (Å²) in [6, 6.07) is 10.3. The zero-order valence-electron chi connectivity index (χ0n) is 17.9. The lowest BCUT2D eigenvalue weighted by Gasteiger charge is -2.42. The van der Waals surface area contributed by atoms with Gasteiger partial charge in [0.1, 0.15) is 5.52 Å². The first kappa shape index (κ1) is 21.2. The molecule has 1 N–H and O–H groups in total. The smallest absolute Gasteiger partial charge is 0.313 e. The molecule has 4 rings (SSSR count). The maximum Gasteiger partial charge on any atom is 0.313 e. The monoisotopic (exact) mass is 519 g/mol. The van der Waals surface area contributed by atoms with Crippen LogP contribution in [0.2, 0.25) is 0 Å². The molecule has 2 atom stereocenters. The van der Waals surface area contributed by atoms with Gasteiger partial charge in [-0.25, -0.2) is 4.68 Å². The number of carbonyl (C=O) groups is 1. The van der Waals surface area contributed by atoms with Crippen molar-refractivity contribution < 1.29 is 14.6 Å². The second-order valence-electron chi connectivity index (χ2n) is 8.56. The lowest BCUT2D eigenvalue weighted by atomic mass is 9.69. The van der Waals surface area contributed by atoms with E-state index >= 15 is 0 Å². The van der Waals surface area contributed by atoms with Crippen molar-refractivity contribution in [2.45, 2.75) is 43.1 Å². The first-order chi connectivity index (χ1) is 14.1. The Bertz CT molecular complexity index is 1150. The summed E-state index contributed by atoms with van der Waals surface area (Å²) in [6.45, 7) is 5.85. The average Bonchev–Trinajstić information content (AvgIpc) is 3.30. The fourth-order valence-electron chi connectivity index (χ4n) is 4.65. The molecule has 0 amide bonds. The highest BCUT2D eigenvalue weighted by atomic mass is 127. The van der Waals surface area contributed by atoms with Crippen LogP contribution in [0.4, 0.5) is 0 Å². The Balaban J connectivity index is 2.02. The van der Waals surface area contributed by atoms with E-state index in [0.717, 1.165) is 46.1 Å². The molecule has 7 heteroatoms. The molecule has 1 aliphatic carbocycles. The largest absolute Gasteiger partial charge is 0.469 e. The summed E-state index contributed by atoms with van der Waals surface area (Å²) in [7, 11) is 3.29. The van der Waals surface area contributed by atoms with E-state index < -0.39 is 14.9 Å². The van der Waals surface area contributed by atoms with Crippen LogP contribution in [-0.4, -0.2) is 33.2 Å². The first-order valence-corrected chi connectivity index (χ1v) is 11.1. The van der Waals surface area contributed by atoms with Gasteiger partial charge in [-0.15, -0.1) is 5.10 Å². The summed E-state index contributed by atoms with van der Waals surface area (Å²) in [4.78, 5) is 13.0. The highest BCUT2D eigenvalue weighted by Gasteiger charge is 2.52. The van der Waals surface area contributed by atoms with Gasteiger partial charge in [0.05, 0.1) is 27.6 Å². The molecule has 0 spiro atoms. The molecule has 6 nitrogen and oxygen atoms in total. The molecule has 0 aliphatic heterocycles. The third kappa shape index (κ3) is 2.89. The van der Waals surface area contributed by atoms with Gasteiger partial charge in [-0.3, -0.25) is 4.79 Å². The molecule has 0 fully saturated rings. The minimum atomic E-state index is -0.888. The van der Waals surface area contributed by atoms with E-state index in [4.69, 9.17) is 4.74 Å². The summed E-state index contributed by atoms with van der Waals surface area (Å²) in [5, 5.41) is 19.0. The molecule has 30 heavy (non-hydrogen) atoms. The molecule has 0 saturated heterocycles. The zero-order chi connectivity index (χ0) is 21.8. The standard InChI is InChI=1S/C23H26IN3O3/c1-13-17(9-10-18-20(13)25-26-27(18)4)23(24,22(2,3)21(29)30-5)15-8-6-14-7-11-19(28)16(14)12-15/h6,8-10,12,19,28H,7,11H2,1-5H3. The predicted octanol–water partition coefficient (Wildman–Crippen LogP) is 4.13. The van der Waals surface area contributed by atoms with Crippen molar-refractivity contribution in [3.63, 3.8) is 0 Å². The molecule has 3 aromatic rings. The molecular formula is C23H26IN3O3. The van der Waals surface area contributed by atoms with E-state index in [9.17, 15) is 9.90 Å². The number of nitrogens with zero attached hydrogens (tertiary/aromatic N) is 3. The number of aromatic nitrogens is 3. The van der Waals surface area contributed by atoms with Crippen LogP contribution >= 0.6 is 22.6 Å². The number of rotatable bonds is 4. The highest BCUT2D eigenvalue weighted by Crippen LogP contribution is 2.55. The van der Waals surface area contributed by atoms with Crippen LogP contribution in [0, 0.1) is 12.3 Å². The van der Waals surface area contributed by atoms with E-state index in [2.05, 4.69) is 57.2 Å². The van der Waals surface area contributed by atoms with Crippen molar-refractivity contribution in [3.05, 3.63) is 58.1 Å². The number of benzene rings is 2.